The minimum absolute atomic E-state index is 0.435. The van der Waals surface area contributed by atoms with Gasteiger partial charge in [-0.3, -0.25) is 0 Å². The quantitative estimate of drug-likeness (QED) is 0.456. The average Bonchev–Trinajstić information content (AvgIpc) is 2.55. The van der Waals surface area contributed by atoms with Gasteiger partial charge >= 0.3 is 0 Å². The third-order valence-corrected chi connectivity index (χ3v) is 3.83. The Kier molecular flexibility index (Phi) is 2.83. The maximum absolute atomic E-state index is 6.36. The van der Waals surface area contributed by atoms with E-state index in [0.29, 0.717) is 5.15 Å². The number of nitrogens with zero attached hydrogens (tertiary/aromatic N) is 2. The lowest BCUT2D eigenvalue weighted by molar-refractivity contribution is 1.30. The molecular weight excluding hydrogens is 280 g/mol. The third kappa shape index (κ3) is 2.05. The molecule has 0 atom stereocenters. The molecule has 100 valence electrons. The minimum atomic E-state index is 0.435. The van der Waals surface area contributed by atoms with E-state index in [2.05, 4.69) is 17.1 Å². The van der Waals surface area contributed by atoms with Crippen LogP contribution < -0.4 is 0 Å². The first kappa shape index (κ1) is 12.3. The molecule has 0 bridgehead atoms. The molecule has 4 aromatic rings. The number of fused-ring (bicyclic) bond motifs is 3. The summed E-state index contributed by atoms with van der Waals surface area (Å²) in [5, 5.41) is 2.65. The molecular formula is C18H11ClN2. The maximum Gasteiger partial charge on any atom is 0.156 e. The summed E-state index contributed by atoms with van der Waals surface area (Å²) in [5.74, 6) is 0. The summed E-state index contributed by atoms with van der Waals surface area (Å²) in [6.07, 6.45) is 0. The van der Waals surface area contributed by atoms with Crippen molar-refractivity contribution in [2.75, 3.05) is 0 Å². The van der Waals surface area contributed by atoms with E-state index in [1.165, 1.54) is 0 Å². The number of hydrogen-bond donors (Lipinski definition) is 0. The van der Waals surface area contributed by atoms with Crippen LogP contribution in [0, 0.1) is 0 Å². The molecule has 0 aliphatic rings. The molecule has 0 saturated carbocycles. The number of aromatic nitrogens is 2. The van der Waals surface area contributed by atoms with E-state index in [4.69, 9.17) is 16.6 Å². The van der Waals surface area contributed by atoms with Crippen molar-refractivity contribution in [2.24, 2.45) is 0 Å². The predicted molar refractivity (Wildman–Crippen MR) is 87.5 cm³/mol. The zero-order valence-corrected chi connectivity index (χ0v) is 11.9. The molecule has 0 amide bonds. The van der Waals surface area contributed by atoms with Crippen LogP contribution in [0.1, 0.15) is 0 Å². The van der Waals surface area contributed by atoms with Crippen molar-refractivity contribution in [3.63, 3.8) is 0 Å². The van der Waals surface area contributed by atoms with Gasteiger partial charge in [-0.05, 0) is 11.5 Å². The van der Waals surface area contributed by atoms with Gasteiger partial charge in [-0.25, -0.2) is 9.97 Å². The van der Waals surface area contributed by atoms with Crippen LogP contribution in [-0.2, 0) is 0 Å². The average molecular weight is 291 g/mol. The first-order valence-electron chi connectivity index (χ1n) is 6.73. The predicted octanol–water partition coefficient (Wildman–Crippen LogP) is 5.10. The summed E-state index contributed by atoms with van der Waals surface area (Å²) >= 11 is 6.36. The monoisotopic (exact) mass is 290 g/mol. The summed E-state index contributed by atoms with van der Waals surface area (Å²) < 4.78 is 0. The highest BCUT2D eigenvalue weighted by Gasteiger charge is 2.10. The molecule has 0 unspecified atom stereocenters. The number of hydrogen-bond acceptors (Lipinski definition) is 2. The number of rotatable bonds is 1. The molecule has 0 saturated heterocycles. The fourth-order valence-electron chi connectivity index (χ4n) is 2.55. The second kappa shape index (κ2) is 4.83. The second-order valence-electron chi connectivity index (χ2n) is 4.88. The highest BCUT2D eigenvalue weighted by molar-refractivity contribution is 6.32. The van der Waals surface area contributed by atoms with E-state index in [-0.39, 0.29) is 0 Å². The van der Waals surface area contributed by atoms with Gasteiger partial charge in [-0.15, -0.1) is 0 Å². The van der Waals surface area contributed by atoms with Crippen molar-refractivity contribution in [1.82, 2.24) is 9.97 Å². The van der Waals surface area contributed by atoms with Crippen molar-refractivity contribution in [3.05, 3.63) is 71.9 Å². The van der Waals surface area contributed by atoms with Gasteiger partial charge in [0.1, 0.15) is 5.69 Å². The summed E-state index contributed by atoms with van der Waals surface area (Å²) in [7, 11) is 0. The van der Waals surface area contributed by atoms with Crippen LogP contribution in [0.4, 0.5) is 0 Å². The van der Waals surface area contributed by atoms with Gasteiger partial charge in [-0.2, -0.15) is 0 Å². The molecule has 21 heavy (non-hydrogen) atoms. The van der Waals surface area contributed by atoms with Crippen LogP contribution in [0.5, 0.6) is 0 Å². The smallest absolute Gasteiger partial charge is 0.156 e. The van der Waals surface area contributed by atoms with Crippen molar-refractivity contribution in [1.29, 1.82) is 0 Å². The van der Waals surface area contributed by atoms with Gasteiger partial charge in [0.05, 0.1) is 11.0 Å². The maximum atomic E-state index is 6.36. The number of halogens is 1. The van der Waals surface area contributed by atoms with E-state index >= 15 is 0 Å². The minimum Gasteiger partial charge on any atom is -0.243 e. The first-order valence-corrected chi connectivity index (χ1v) is 7.11. The molecule has 0 N–H and O–H groups in total. The molecule has 3 aromatic carbocycles. The van der Waals surface area contributed by atoms with Crippen LogP contribution in [0.3, 0.4) is 0 Å². The Labute approximate surface area is 127 Å². The Balaban J connectivity index is 2.05. The van der Waals surface area contributed by atoms with E-state index in [0.717, 1.165) is 33.1 Å². The SMILES string of the molecule is Clc1nc2c(ccc3ccccc32)nc1-c1ccccc1. The largest absolute Gasteiger partial charge is 0.243 e. The zero-order chi connectivity index (χ0) is 14.2. The lowest BCUT2D eigenvalue weighted by atomic mass is 10.1. The van der Waals surface area contributed by atoms with Gasteiger partial charge in [0.25, 0.3) is 0 Å². The Morgan fingerprint density at radius 3 is 2.33 bits per heavy atom. The lowest BCUT2D eigenvalue weighted by Crippen LogP contribution is -1.92. The lowest BCUT2D eigenvalue weighted by Gasteiger charge is -2.07. The van der Waals surface area contributed by atoms with Crippen LogP contribution in [0.15, 0.2) is 66.7 Å². The van der Waals surface area contributed by atoms with E-state index < -0.39 is 0 Å². The van der Waals surface area contributed by atoms with E-state index in [9.17, 15) is 0 Å². The summed E-state index contributed by atoms with van der Waals surface area (Å²) in [6.45, 7) is 0. The summed E-state index contributed by atoms with van der Waals surface area (Å²) in [6, 6.07) is 22.1. The Hall–Kier alpha value is -2.45. The van der Waals surface area contributed by atoms with Crippen LogP contribution >= 0.6 is 11.6 Å². The molecule has 1 aromatic heterocycles. The topological polar surface area (TPSA) is 25.8 Å². The highest BCUT2D eigenvalue weighted by atomic mass is 35.5. The molecule has 4 rings (SSSR count). The van der Waals surface area contributed by atoms with Gasteiger partial charge in [0.15, 0.2) is 5.15 Å². The molecule has 0 radical (unpaired) electrons. The molecule has 1 heterocycles. The number of benzene rings is 3. The fraction of sp³-hybridized carbons (Fsp3) is 0. The molecule has 0 aliphatic carbocycles. The molecule has 0 aliphatic heterocycles. The van der Waals surface area contributed by atoms with Crippen molar-refractivity contribution >= 4 is 33.4 Å². The normalized spacial score (nSPS) is 11.1. The standard InChI is InChI=1S/C18H11ClN2/c19-18-16(13-7-2-1-3-8-13)20-15-11-10-12-6-4-5-9-14(12)17(15)21-18/h1-11H. The van der Waals surface area contributed by atoms with Gasteiger partial charge in [0.2, 0.25) is 0 Å². The second-order valence-corrected chi connectivity index (χ2v) is 5.24. The van der Waals surface area contributed by atoms with Crippen molar-refractivity contribution in [2.45, 2.75) is 0 Å². The Morgan fingerprint density at radius 2 is 1.48 bits per heavy atom. The molecule has 0 spiro atoms. The van der Waals surface area contributed by atoms with Gasteiger partial charge in [0, 0.05) is 10.9 Å². The fourth-order valence-corrected chi connectivity index (χ4v) is 2.78. The Morgan fingerprint density at radius 1 is 0.714 bits per heavy atom. The molecule has 2 nitrogen and oxygen atoms in total. The van der Waals surface area contributed by atoms with Gasteiger partial charge < -0.3 is 0 Å². The first-order chi connectivity index (χ1) is 10.3. The summed E-state index contributed by atoms with van der Waals surface area (Å²) in [4.78, 5) is 9.28. The van der Waals surface area contributed by atoms with Crippen molar-refractivity contribution in [3.8, 4) is 11.3 Å². The summed E-state index contributed by atoms with van der Waals surface area (Å²) in [5.41, 5.74) is 3.40. The van der Waals surface area contributed by atoms with E-state index in [1.807, 2.05) is 54.6 Å². The molecule has 3 heteroatoms. The molecule has 0 fully saturated rings. The zero-order valence-electron chi connectivity index (χ0n) is 11.1. The van der Waals surface area contributed by atoms with Crippen LogP contribution in [0.2, 0.25) is 5.15 Å². The highest BCUT2D eigenvalue weighted by Crippen LogP contribution is 2.29. The van der Waals surface area contributed by atoms with Crippen LogP contribution in [0.25, 0.3) is 33.1 Å². The Bertz CT molecular complexity index is 949. The van der Waals surface area contributed by atoms with Gasteiger partial charge in [-0.1, -0.05) is 72.3 Å². The van der Waals surface area contributed by atoms with E-state index in [1.54, 1.807) is 0 Å². The third-order valence-electron chi connectivity index (χ3n) is 3.56. The van der Waals surface area contributed by atoms with Crippen molar-refractivity contribution < 1.29 is 0 Å². The van der Waals surface area contributed by atoms with Crippen LogP contribution in [-0.4, -0.2) is 9.97 Å².